The molecule has 0 spiro atoms. The van der Waals surface area contributed by atoms with E-state index in [4.69, 9.17) is 9.47 Å². The van der Waals surface area contributed by atoms with Crippen molar-refractivity contribution in [1.29, 1.82) is 0 Å². The summed E-state index contributed by atoms with van der Waals surface area (Å²) in [6.45, 7) is 3.57. The summed E-state index contributed by atoms with van der Waals surface area (Å²) in [5.41, 5.74) is 3.47. The SMILES string of the molecule is COc1ccc([C@@H]2C=C3c4ccc(C)cc4OC(=O)[C@@H]3[C@H]3C(=O)N(c4cc([N+](=O)[O-])ccc4C)C(=O)[C@H]32)cc1. The van der Waals surface area contributed by atoms with Crippen molar-refractivity contribution in [2.75, 3.05) is 12.0 Å². The number of hydrogen-bond acceptors (Lipinski definition) is 7. The van der Waals surface area contributed by atoms with Crippen LogP contribution in [0.15, 0.2) is 66.7 Å². The minimum absolute atomic E-state index is 0.142. The molecular formula is C30H24N2O7. The van der Waals surface area contributed by atoms with Gasteiger partial charge in [-0.2, -0.15) is 0 Å². The van der Waals surface area contributed by atoms with E-state index in [1.807, 2.05) is 37.3 Å². The third-order valence-corrected chi connectivity index (χ3v) is 7.90. The molecule has 39 heavy (non-hydrogen) atoms. The zero-order valence-electron chi connectivity index (χ0n) is 21.4. The number of imide groups is 1. The summed E-state index contributed by atoms with van der Waals surface area (Å²) in [4.78, 5) is 53.6. The van der Waals surface area contributed by atoms with Crippen LogP contribution in [0.4, 0.5) is 11.4 Å². The second-order valence-corrected chi connectivity index (χ2v) is 10.1. The van der Waals surface area contributed by atoms with Crippen LogP contribution in [-0.2, 0) is 14.4 Å². The van der Waals surface area contributed by atoms with Crippen LogP contribution in [0.25, 0.3) is 5.57 Å². The lowest BCUT2D eigenvalue weighted by atomic mass is 9.64. The molecule has 0 radical (unpaired) electrons. The molecule has 0 N–H and O–H groups in total. The van der Waals surface area contributed by atoms with Crippen LogP contribution in [0.2, 0.25) is 0 Å². The number of allylic oxidation sites excluding steroid dienone is 1. The topological polar surface area (TPSA) is 116 Å². The van der Waals surface area contributed by atoms with E-state index in [2.05, 4.69) is 0 Å². The number of carbonyl (C=O) groups excluding carboxylic acids is 3. The first-order valence-electron chi connectivity index (χ1n) is 12.5. The van der Waals surface area contributed by atoms with Gasteiger partial charge < -0.3 is 9.47 Å². The molecule has 0 aromatic heterocycles. The lowest BCUT2D eigenvalue weighted by Gasteiger charge is -2.38. The van der Waals surface area contributed by atoms with E-state index in [1.54, 1.807) is 32.2 Å². The van der Waals surface area contributed by atoms with Gasteiger partial charge in [0.05, 0.1) is 35.5 Å². The van der Waals surface area contributed by atoms with Crippen molar-refractivity contribution in [1.82, 2.24) is 0 Å². The van der Waals surface area contributed by atoms with E-state index in [1.165, 1.54) is 18.2 Å². The van der Waals surface area contributed by atoms with Crippen LogP contribution in [0.3, 0.4) is 0 Å². The Labute approximate surface area is 223 Å². The Balaban J connectivity index is 1.55. The van der Waals surface area contributed by atoms with E-state index in [0.29, 0.717) is 28.2 Å². The second kappa shape index (κ2) is 8.90. The standard InChI is InChI=1S/C30H24N2O7/c1-15-4-11-20-22-14-21(17-6-9-19(38-3)10-7-17)25-27(26(22)30(35)39-24(20)12-15)29(34)31(28(25)33)23-13-18(32(36)37)8-5-16(23)2/h4-14,21,25-27H,1-3H3/t21-,25-,26-,27-/m0/s1. The number of rotatable bonds is 4. The lowest BCUT2D eigenvalue weighted by Crippen LogP contribution is -2.42. The number of methoxy groups -OCH3 is 1. The Morgan fingerprint density at radius 2 is 1.64 bits per heavy atom. The van der Waals surface area contributed by atoms with Gasteiger partial charge in [0, 0.05) is 23.6 Å². The van der Waals surface area contributed by atoms with E-state index in [9.17, 15) is 24.5 Å². The Kier molecular flexibility index (Phi) is 5.60. The minimum Gasteiger partial charge on any atom is -0.497 e. The molecule has 3 aromatic carbocycles. The molecule has 3 aromatic rings. The molecular weight excluding hydrogens is 500 g/mol. The normalized spacial score (nSPS) is 23.4. The van der Waals surface area contributed by atoms with Crippen LogP contribution in [0.1, 0.15) is 28.2 Å². The molecule has 0 bridgehead atoms. The molecule has 0 saturated carbocycles. The molecule has 2 amide bonds. The molecule has 1 fully saturated rings. The van der Waals surface area contributed by atoms with Crippen LogP contribution in [0, 0.1) is 41.7 Å². The smallest absolute Gasteiger partial charge is 0.319 e. The highest BCUT2D eigenvalue weighted by Crippen LogP contribution is 2.55. The fourth-order valence-electron chi connectivity index (χ4n) is 6.01. The van der Waals surface area contributed by atoms with Gasteiger partial charge in [0.1, 0.15) is 11.5 Å². The summed E-state index contributed by atoms with van der Waals surface area (Å²) in [6.07, 6.45) is 1.90. The van der Waals surface area contributed by atoms with Gasteiger partial charge in [-0.05, 0) is 54.3 Å². The molecule has 0 unspecified atom stereocenters. The highest BCUT2D eigenvalue weighted by molar-refractivity contribution is 6.25. The molecule has 2 aliphatic heterocycles. The number of nitro groups is 1. The number of hydrogen-bond donors (Lipinski definition) is 0. The van der Waals surface area contributed by atoms with Crippen LogP contribution >= 0.6 is 0 Å². The molecule has 3 aliphatic rings. The van der Waals surface area contributed by atoms with Crippen molar-refractivity contribution in [2.24, 2.45) is 17.8 Å². The van der Waals surface area contributed by atoms with Gasteiger partial charge in [-0.25, -0.2) is 4.90 Å². The summed E-state index contributed by atoms with van der Waals surface area (Å²) in [5.74, 6) is -4.08. The van der Waals surface area contributed by atoms with Gasteiger partial charge in [0.2, 0.25) is 11.8 Å². The maximum Gasteiger partial charge on any atom is 0.319 e. The Morgan fingerprint density at radius 3 is 2.33 bits per heavy atom. The quantitative estimate of drug-likeness (QED) is 0.159. The third kappa shape index (κ3) is 3.72. The number of carbonyl (C=O) groups is 3. The number of non-ortho nitro benzene ring substituents is 1. The minimum atomic E-state index is -1.04. The first-order valence-corrected chi connectivity index (χ1v) is 12.5. The number of anilines is 1. The van der Waals surface area contributed by atoms with Crippen molar-refractivity contribution in [3.63, 3.8) is 0 Å². The first kappa shape index (κ1) is 24.5. The third-order valence-electron chi connectivity index (χ3n) is 7.90. The van der Waals surface area contributed by atoms with Gasteiger partial charge in [-0.3, -0.25) is 24.5 Å². The van der Waals surface area contributed by atoms with E-state index in [0.717, 1.165) is 16.0 Å². The second-order valence-electron chi connectivity index (χ2n) is 10.1. The average molecular weight is 525 g/mol. The number of fused-ring (bicyclic) bond motifs is 5. The van der Waals surface area contributed by atoms with Gasteiger partial charge in [0.25, 0.3) is 5.69 Å². The van der Waals surface area contributed by atoms with E-state index >= 15 is 0 Å². The van der Waals surface area contributed by atoms with Crippen molar-refractivity contribution >= 4 is 34.7 Å². The molecule has 1 aliphatic carbocycles. The van der Waals surface area contributed by atoms with Gasteiger partial charge in [-0.1, -0.05) is 36.4 Å². The number of nitrogens with zero attached hydrogens (tertiary/aromatic N) is 2. The average Bonchev–Trinajstić information content (AvgIpc) is 3.18. The van der Waals surface area contributed by atoms with Crippen molar-refractivity contribution < 1.29 is 28.8 Å². The van der Waals surface area contributed by atoms with Gasteiger partial charge in [-0.15, -0.1) is 0 Å². The van der Waals surface area contributed by atoms with E-state index < -0.39 is 46.4 Å². The summed E-state index contributed by atoms with van der Waals surface area (Å²) >= 11 is 0. The number of benzene rings is 3. The Morgan fingerprint density at radius 1 is 0.923 bits per heavy atom. The van der Waals surface area contributed by atoms with Gasteiger partial charge in [0.15, 0.2) is 0 Å². The molecule has 4 atom stereocenters. The molecule has 1 saturated heterocycles. The highest BCUT2D eigenvalue weighted by Gasteiger charge is 2.60. The van der Waals surface area contributed by atoms with E-state index in [-0.39, 0.29) is 11.4 Å². The maximum absolute atomic E-state index is 14.1. The van der Waals surface area contributed by atoms with Crippen molar-refractivity contribution in [3.8, 4) is 11.5 Å². The summed E-state index contributed by atoms with van der Waals surface area (Å²) in [6, 6.07) is 16.9. The summed E-state index contributed by atoms with van der Waals surface area (Å²) in [5, 5.41) is 11.5. The predicted molar refractivity (Wildman–Crippen MR) is 141 cm³/mol. The van der Waals surface area contributed by atoms with Crippen molar-refractivity contribution in [3.05, 3.63) is 99.1 Å². The van der Waals surface area contributed by atoms with Gasteiger partial charge >= 0.3 is 5.97 Å². The lowest BCUT2D eigenvalue weighted by molar-refractivity contribution is -0.384. The fourth-order valence-corrected chi connectivity index (χ4v) is 6.01. The number of amides is 2. The predicted octanol–water partition coefficient (Wildman–Crippen LogP) is 4.74. The van der Waals surface area contributed by atoms with Crippen LogP contribution in [-0.4, -0.2) is 29.8 Å². The molecule has 9 heteroatoms. The van der Waals surface area contributed by atoms with Crippen LogP contribution in [0.5, 0.6) is 11.5 Å². The first-order chi connectivity index (χ1) is 18.7. The zero-order chi connectivity index (χ0) is 27.6. The number of esters is 1. The Hall–Kier alpha value is -4.79. The monoisotopic (exact) mass is 524 g/mol. The van der Waals surface area contributed by atoms with Crippen LogP contribution < -0.4 is 14.4 Å². The highest BCUT2D eigenvalue weighted by atomic mass is 16.6. The summed E-state index contributed by atoms with van der Waals surface area (Å²) < 4.78 is 11.0. The van der Waals surface area contributed by atoms with Crippen molar-refractivity contribution in [2.45, 2.75) is 19.8 Å². The molecule has 2 heterocycles. The number of aryl methyl sites for hydroxylation is 2. The number of ether oxygens (including phenoxy) is 2. The maximum atomic E-state index is 14.1. The molecule has 196 valence electrons. The number of nitro benzene ring substituents is 1. The fraction of sp³-hybridized carbons (Fsp3) is 0.233. The molecule has 6 rings (SSSR count). The summed E-state index contributed by atoms with van der Waals surface area (Å²) in [7, 11) is 1.56. The largest absolute Gasteiger partial charge is 0.497 e. The molecule has 9 nitrogen and oxygen atoms in total. The zero-order valence-corrected chi connectivity index (χ0v) is 21.4. The Bertz CT molecular complexity index is 1610.